The lowest BCUT2D eigenvalue weighted by atomic mass is 10.2. The van der Waals surface area contributed by atoms with E-state index < -0.39 is 0 Å². The third-order valence-corrected chi connectivity index (χ3v) is 2.57. The molecule has 0 radical (unpaired) electrons. The summed E-state index contributed by atoms with van der Waals surface area (Å²) in [6.07, 6.45) is 1.45. The zero-order valence-corrected chi connectivity index (χ0v) is 10.8. The lowest BCUT2D eigenvalue weighted by molar-refractivity contribution is 0.181. The highest BCUT2D eigenvalue weighted by molar-refractivity contribution is 5.68. The van der Waals surface area contributed by atoms with Crippen molar-refractivity contribution in [3.63, 3.8) is 0 Å². The number of nitrogen functional groups attached to an aromatic ring is 1. The van der Waals surface area contributed by atoms with E-state index in [2.05, 4.69) is 21.8 Å². The molecular formula is C11H20N4O2. The molecule has 0 saturated carbocycles. The Morgan fingerprint density at radius 1 is 1.41 bits per heavy atom. The smallest absolute Gasteiger partial charge is 0.242 e. The molecule has 1 atom stereocenters. The van der Waals surface area contributed by atoms with Crippen molar-refractivity contribution in [3.05, 3.63) is 6.33 Å². The fraction of sp³-hybridized carbons (Fsp3) is 0.636. The first-order valence-corrected chi connectivity index (χ1v) is 5.55. The first-order valence-electron chi connectivity index (χ1n) is 5.55. The van der Waals surface area contributed by atoms with Gasteiger partial charge in [-0.1, -0.05) is 0 Å². The number of aromatic nitrogens is 2. The Kier molecular flexibility index (Phi) is 4.96. The van der Waals surface area contributed by atoms with E-state index in [4.69, 9.17) is 15.2 Å². The van der Waals surface area contributed by atoms with Gasteiger partial charge < -0.3 is 20.1 Å². The molecule has 6 nitrogen and oxygen atoms in total. The average Bonchev–Trinajstić information content (AvgIpc) is 2.32. The van der Waals surface area contributed by atoms with Crippen LogP contribution in [0.4, 0.5) is 11.5 Å². The van der Waals surface area contributed by atoms with Crippen molar-refractivity contribution in [1.29, 1.82) is 0 Å². The summed E-state index contributed by atoms with van der Waals surface area (Å²) < 4.78 is 10.2. The Hall–Kier alpha value is -1.56. The van der Waals surface area contributed by atoms with Gasteiger partial charge in [0.1, 0.15) is 12.0 Å². The van der Waals surface area contributed by atoms with Gasteiger partial charge in [0.25, 0.3) is 0 Å². The summed E-state index contributed by atoms with van der Waals surface area (Å²) in [4.78, 5) is 10.2. The highest BCUT2D eigenvalue weighted by atomic mass is 16.5. The first-order chi connectivity index (χ1) is 8.15. The molecule has 0 aliphatic rings. The summed E-state index contributed by atoms with van der Waals surface area (Å²) >= 11 is 0. The second kappa shape index (κ2) is 6.24. The van der Waals surface area contributed by atoms with E-state index in [0.717, 1.165) is 6.54 Å². The number of hydrogen-bond acceptors (Lipinski definition) is 6. The van der Waals surface area contributed by atoms with Gasteiger partial charge in [-0.15, -0.1) is 0 Å². The maximum Gasteiger partial charge on any atom is 0.242 e. The Bertz CT molecular complexity index is 359. The van der Waals surface area contributed by atoms with Crippen LogP contribution in [0.2, 0.25) is 0 Å². The second-order valence-electron chi connectivity index (χ2n) is 3.71. The molecule has 1 heterocycles. The quantitative estimate of drug-likeness (QED) is 0.797. The minimum Gasteiger partial charge on any atom is -0.479 e. The van der Waals surface area contributed by atoms with E-state index in [1.807, 2.05) is 6.92 Å². The number of methoxy groups -OCH3 is 2. The zero-order valence-electron chi connectivity index (χ0n) is 10.8. The van der Waals surface area contributed by atoms with E-state index in [9.17, 15) is 0 Å². The molecule has 0 fully saturated rings. The monoisotopic (exact) mass is 240 g/mol. The summed E-state index contributed by atoms with van der Waals surface area (Å²) in [5.74, 6) is 1.09. The molecular weight excluding hydrogens is 220 g/mol. The minimum atomic E-state index is 0.187. The van der Waals surface area contributed by atoms with Crippen LogP contribution in [0.5, 0.6) is 5.88 Å². The molecule has 6 heteroatoms. The first kappa shape index (κ1) is 13.5. The van der Waals surface area contributed by atoms with E-state index in [1.54, 1.807) is 7.11 Å². The minimum absolute atomic E-state index is 0.187. The molecule has 2 N–H and O–H groups in total. The van der Waals surface area contributed by atoms with Crippen LogP contribution >= 0.6 is 0 Å². The van der Waals surface area contributed by atoms with Crippen LogP contribution in [0.1, 0.15) is 13.8 Å². The number of nitrogens with zero attached hydrogens (tertiary/aromatic N) is 3. The average molecular weight is 240 g/mol. The fourth-order valence-electron chi connectivity index (χ4n) is 1.76. The van der Waals surface area contributed by atoms with Crippen molar-refractivity contribution < 1.29 is 9.47 Å². The van der Waals surface area contributed by atoms with E-state index in [-0.39, 0.29) is 6.04 Å². The summed E-state index contributed by atoms with van der Waals surface area (Å²) in [6.45, 7) is 5.50. The summed E-state index contributed by atoms with van der Waals surface area (Å²) in [5.41, 5.74) is 6.43. The number of likely N-dealkylation sites (N-methyl/N-ethyl adjacent to an activating group) is 1. The third-order valence-electron chi connectivity index (χ3n) is 2.57. The van der Waals surface area contributed by atoms with Crippen LogP contribution in [0.15, 0.2) is 6.33 Å². The van der Waals surface area contributed by atoms with Crippen LogP contribution in [-0.4, -0.2) is 43.4 Å². The number of rotatable bonds is 6. The van der Waals surface area contributed by atoms with Gasteiger partial charge in [-0.3, -0.25) is 0 Å². The van der Waals surface area contributed by atoms with Gasteiger partial charge in [-0.2, -0.15) is 4.98 Å². The van der Waals surface area contributed by atoms with Gasteiger partial charge in [0, 0.05) is 13.7 Å². The van der Waals surface area contributed by atoms with Gasteiger partial charge in [0.15, 0.2) is 5.82 Å². The second-order valence-corrected chi connectivity index (χ2v) is 3.71. The maximum absolute atomic E-state index is 5.97. The van der Waals surface area contributed by atoms with Crippen molar-refractivity contribution >= 4 is 11.5 Å². The largest absolute Gasteiger partial charge is 0.479 e. The van der Waals surface area contributed by atoms with Crippen LogP contribution in [0, 0.1) is 0 Å². The zero-order chi connectivity index (χ0) is 12.8. The summed E-state index contributed by atoms with van der Waals surface area (Å²) in [6, 6.07) is 0.187. The number of ether oxygens (including phenoxy) is 2. The van der Waals surface area contributed by atoms with Crippen molar-refractivity contribution in [2.75, 3.05) is 38.0 Å². The SMILES string of the molecule is CCN(c1ncnc(OC)c1N)C(C)COC. The Balaban J connectivity index is 3.03. The topological polar surface area (TPSA) is 73.5 Å². The lowest BCUT2D eigenvalue weighted by Crippen LogP contribution is -2.37. The van der Waals surface area contributed by atoms with E-state index in [1.165, 1.54) is 13.4 Å². The van der Waals surface area contributed by atoms with Crippen LogP contribution in [0.25, 0.3) is 0 Å². The van der Waals surface area contributed by atoms with Crippen molar-refractivity contribution in [2.24, 2.45) is 0 Å². The van der Waals surface area contributed by atoms with Gasteiger partial charge >= 0.3 is 0 Å². The Morgan fingerprint density at radius 2 is 2.12 bits per heavy atom. The van der Waals surface area contributed by atoms with Gasteiger partial charge in [0.2, 0.25) is 5.88 Å². The van der Waals surface area contributed by atoms with Gasteiger partial charge in [-0.05, 0) is 13.8 Å². The van der Waals surface area contributed by atoms with E-state index >= 15 is 0 Å². The molecule has 0 saturated heterocycles. The molecule has 0 aliphatic carbocycles. The van der Waals surface area contributed by atoms with E-state index in [0.29, 0.717) is 24.0 Å². The molecule has 1 aromatic rings. The molecule has 0 spiro atoms. The van der Waals surface area contributed by atoms with Crippen molar-refractivity contribution in [3.8, 4) is 5.88 Å². The van der Waals surface area contributed by atoms with Crippen molar-refractivity contribution in [2.45, 2.75) is 19.9 Å². The molecule has 0 aliphatic heterocycles. The van der Waals surface area contributed by atoms with Crippen LogP contribution in [0.3, 0.4) is 0 Å². The maximum atomic E-state index is 5.97. The Morgan fingerprint density at radius 3 is 2.65 bits per heavy atom. The molecule has 0 aromatic carbocycles. The molecule has 96 valence electrons. The number of nitrogens with two attached hydrogens (primary N) is 1. The van der Waals surface area contributed by atoms with Crippen LogP contribution in [-0.2, 0) is 4.74 Å². The standard InChI is InChI=1S/C11H20N4O2/c1-5-15(8(2)6-16-3)10-9(12)11(17-4)14-7-13-10/h7-8H,5-6,12H2,1-4H3. The highest BCUT2D eigenvalue weighted by Crippen LogP contribution is 2.28. The van der Waals surface area contributed by atoms with Crippen LogP contribution < -0.4 is 15.4 Å². The normalized spacial score (nSPS) is 12.2. The van der Waals surface area contributed by atoms with Gasteiger partial charge in [0.05, 0.1) is 19.8 Å². The molecule has 0 amide bonds. The Labute approximate surface area is 102 Å². The highest BCUT2D eigenvalue weighted by Gasteiger charge is 2.19. The number of anilines is 2. The predicted octanol–water partition coefficient (Wildman–Crippen LogP) is 0.929. The molecule has 1 unspecified atom stereocenters. The van der Waals surface area contributed by atoms with Crippen molar-refractivity contribution in [1.82, 2.24) is 9.97 Å². The number of hydrogen-bond donors (Lipinski definition) is 1. The summed E-state index contributed by atoms with van der Waals surface area (Å²) in [7, 11) is 3.21. The molecule has 1 aromatic heterocycles. The fourth-order valence-corrected chi connectivity index (χ4v) is 1.76. The summed E-state index contributed by atoms with van der Waals surface area (Å²) in [5, 5.41) is 0. The lowest BCUT2D eigenvalue weighted by Gasteiger charge is -2.29. The molecule has 1 rings (SSSR count). The molecule has 0 bridgehead atoms. The predicted molar refractivity (Wildman–Crippen MR) is 67.4 cm³/mol. The molecule has 17 heavy (non-hydrogen) atoms. The third kappa shape index (κ3) is 2.97. The van der Waals surface area contributed by atoms with Gasteiger partial charge in [-0.25, -0.2) is 4.98 Å².